The van der Waals surface area contributed by atoms with Crippen molar-refractivity contribution in [3.8, 4) is 5.75 Å². The third-order valence-corrected chi connectivity index (χ3v) is 5.76. The van der Waals surface area contributed by atoms with Crippen LogP contribution in [0, 0.1) is 0 Å². The van der Waals surface area contributed by atoms with Crippen LogP contribution >= 0.6 is 0 Å². The smallest absolute Gasteiger partial charge is 0.490 e. The summed E-state index contributed by atoms with van der Waals surface area (Å²) in [5.41, 5.74) is 0.455. The average molecular weight is 375 g/mol. The minimum atomic E-state index is -0.515. The van der Waals surface area contributed by atoms with Gasteiger partial charge in [-0.3, -0.25) is 4.79 Å². The molecule has 1 aliphatic heterocycles. The van der Waals surface area contributed by atoms with Crippen LogP contribution in [0.1, 0.15) is 57.3 Å². The van der Waals surface area contributed by atoms with E-state index in [0.717, 1.165) is 24.7 Å². The molecule has 7 heteroatoms. The summed E-state index contributed by atoms with van der Waals surface area (Å²) in [6.07, 6.45) is 3.22. The van der Waals surface area contributed by atoms with Crippen molar-refractivity contribution in [2.45, 2.75) is 64.2 Å². The van der Waals surface area contributed by atoms with Crippen molar-refractivity contribution in [2.75, 3.05) is 20.3 Å². The van der Waals surface area contributed by atoms with Crippen molar-refractivity contribution >= 4 is 18.5 Å². The number of carbonyl (C=O) groups is 1. The molecule has 0 bridgehead atoms. The zero-order valence-electron chi connectivity index (χ0n) is 17.0. The summed E-state index contributed by atoms with van der Waals surface area (Å²) in [7, 11) is 1.10. The molecule has 1 saturated heterocycles. The minimum Gasteiger partial charge on any atom is -0.490 e. The molecule has 27 heavy (non-hydrogen) atoms. The highest BCUT2D eigenvalue weighted by Gasteiger charge is 2.51. The third-order valence-electron chi connectivity index (χ3n) is 5.76. The van der Waals surface area contributed by atoms with Crippen LogP contribution in [0.5, 0.6) is 5.75 Å². The van der Waals surface area contributed by atoms with Gasteiger partial charge >= 0.3 is 7.12 Å². The molecule has 0 aromatic heterocycles. The fourth-order valence-corrected chi connectivity index (χ4v) is 3.03. The Morgan fingerprint density at radius 1 is 1.19 bits per heavy atom. The van der Waals surface area contributed by atoms with Gasteiger partial charge in [-0.15, -0.1) is 0 Å². The third kappa shape index (κ3) is 4.31. The van der Waals surface area contributed by atoms with Gasteiger partial charge in [-0.25, -0.2) is 0 Å². The van der Waals surface area contributed by atoms with E-state index in [9.17, 15) is 4.79 Å². The minimum absolute atomic E-state index is 0.120. The molecule has 1 saturated carbocycles. The molecule has 2 fully saturated rings. The molecule has 2 aliphatic rings. The number of nitrogens with one attached hydrogen (secondary N) is 1. The van der Waals surface area contributed by atoms with Gasteiger partial charge in [-0.1, -0.05) is 6.07 Å². The van der Waals surface area contributed by atoms with Gasteiger partial charge in [0, 0.05) is 13.2 Å². The summed E-state index contributed by atoms with van der Waals surface area (Å²) in [5, 5.41) is 3.08. The lowest BCUT2D eigenvalue weighted by Crippen LogP contribution is -2.41. The van der Waals surface area contributed by atoms with Crippen LogP contribution in [0.3, 0.4) is 0 Å². The Kier molecular flexibility index (Phi) is 5.84. The number of rotatable bonds is 7. The maximum absolute atomic E-state index is 12.8. The summed E-state index contributed by atoms with van der Waals surface area (Å²) >= 11 is 0. The normalized spacial score (nSPS) is 21.0. The number of carbonyl (C=O) groups excluding carboxylic acids is 1. The van der Waals surface area contributed by atoms with Crippen LogP contribution in [0.25, 0.3) is 0 Å². The highest BCUT2D eigenvalue weighted by atomic mass is 16.7. The molecule has 3 rings (SSSR count). The van der Waals surface area contributed by atoms with E-state index in [-0.39, 0.29) is 11.9 Å². The number of benzene rings is 1. The number of methoxy groups -OCH3 is 1. The zero-order valence-corrected chi connectivity index (χ0v) is 17.0. The van der Waals surface area contributed by atoms with Crippen LogP contribution < -0.4 is 15.5 Å². The number of ether oxygens (including phenoxy) is 2. The van der Waals surface area contributed by atoms with E-state index >= 15 is 0 Å². The van der Waals surface area contributed by atoms with E-state index in [1.807, 2.05) is 45.9 Å². The molecule has 1 heterocycles. The molecule has 148 valence electrons. The monoisotopic (exact) mass is 375 g/mol. The Morgan fingerprint density at radius 3 is 2.41 bits per heavy atom. The Balaban J connectivity index is 1.83. The molecule has 0 atom stereocenters. The van der Waals surface area contributed by atoms with Crippen LogP contribution in [0.4, 0.5) is 0 Å². The summed E-state index contributed by atoms with van der Waals surface area (Å²) in [4.78, 5) is 12.8. The zero-order chi connectivity index (χ0) is 19.7. The lowest BCUT2D eigenvalue weighted by Gasteiger charge is -2.32. The van der Waals surface area contributed by atoms with Gasteiger partial charge < -0.3 is 24.1 Å². The molecule has 0 radical (unpaired) electrons. The Morgan fingerprint density at radius 2 is 1.85 bits per heavy atom. The molecule has 1 aromatic carbocycles. The first-order chi connectivity index (χ1) is 12.7. The van der Waals surface area contributed by atoms with Crippen molar-refractivity contribution in [3.63, 3.8) is 0 Å². The lowest BCUT2D eigenvalue weighted by molar-refractivity contribution is 0.00578. The van der Waals surface area contributed by atoms with Crippen LogP contribution in [-0.4, -0.2) is 50.6 Å². The standard InChI is InChI=1S/C20H30BNO5/c1-19(2)20(3,4)27-21(26-19)14-9-10-17(25-12-11-24-5)16(13-14)18(23)22-15-7-6-8-15/h9-10,13,15H,6-8,11-12H2,1-5H3,(H,22,23). The van der Waals surface area contributed by atoms with E-state index in [0.29, 0.717) is 24.5 Å². The number of hydrogen-bond donors (Lipinski definition) is 1. The second-order valence-electron chi connectivity index (χ2n) is 8.29. The van der Waals surface area contributed by atoms with Gasteiger partial charge in [0.2, 0.25) is 0 Å². The Labute approximate surface area is 162 Å². The van der Waals surface area contributed by atoms with Crippen LogP contribution in [0.2, 0.25) is 0 Å². The fourth-order valence-electron chi connectivity index (χ4n) is 3.03. The van der Waals surface area contributed by atoms with E-state index in [2.05, 4.69) is 5.32 Å². The first-order valence-electron chi connectivity index (χ1n) is 9.66. The SMILES string of the molecule is COCCOc1ccc(B2OC(C)(C)C(C)(C)O2)cc1C(=O)NC1CCC1. The summed E-state index contributed by atoms with van der Waals surface area (Å²) in [5.74, 6) is 0.426. The van der Waals surface area contributed by atoms with Gasteiger partial charge in [0.15, 0.2) is 0 Å². The molecule has 1 aromatic rings. The first kappa shape index (κ1) is 20.2. The molecule has 1 N–H and O–H groups in total. The number of amides is 1. The second kappa shape index (κ2) is 7.82. The second-order valence-corrected chi connectivity index (χ2v) is 8.29. The molecule has 0 spiro atoms. The van der Waals surface area contributed by atoms with Crippen molar-refractivity contribution < 1.29 is 23.6 Å². The largest absolute Gasteiger partial charge is 0.494 e. The van der Waals surface area contributed by atoms with E-state index in [4.69, 9.17) is 18.8 Å². The van der Waals surface area contributed by atoms with Gasteiger partial charge in [0.1, 0.15) is 12.4 Å². The van der Waals surface area contributed by atoms with Gasteiger partial charge in [0.05, 0.1) is 23.4 Å². The molecule has 6 nitrogen and oxygen atoms in total. The van der Waals surface area contributed by atoms with Gasteiger partial charge in [0.25, 0.3) is 5.91 Å². The Bertz CT molecular complexity index is 671. The summed E-state index contributed by atoms with van der Waals surface area (Å²) in [6, 6.07) is 5.78. The van der Waals surface area contributed by atoms with E-state index in [1.54, 1.807) is 7.11 Å². The fraction of sp³-hybridized carbons (Fsp3) is 0.650. The quantitative estimate of drug-likeness (QED) is 0.585. The number of hydrogen-bond acceptors (Lipinski definition) is 5. The van der Waals surface area contributed by atoms with Crippen molar-refractivity contribution in [3.05, 3.63) is 23.8 Å². The van der Waals surface area contributed by atoms with Crippen LogP contribution in [-0.2, 0) is 14.0 Å². The molecular formula is C20H30BNO5. The van der Waals surface area contributed by atoms with Crippen molar-refractivity contribution in [1.29, 1.82) is 0 Å². The first-order valence-corrected chi connectivity index (χ1v) is 9.66. The molecular weight excluding hydrogens is 345 g/mol. The van der Waals surface area contributed by atoms with E-state index in [1.165, 1.54) is 0 Å². The average Bonchev–Trinajstić information content (AvgIpc) is 2.79. The predicted molar refractivity (Wildman–Crippen MR) is 105 cm³/mol. The molecule has 1 amide bonds. The molecule has 0 unspecified atom stereocenters. The topological polar surface area (TPSA) is 66.0 Å². The van der Waals surface area contributed by atoms with Gasteiger partial charge in [-0.2, -0.15) is 0 Å². The van der Waals surface area contributed by atoms with Crippen molar-refractivity contribution in [1.82, 2.24) is 5.32 Å². The Hall–Kier alpha value is -1.57. The van der Waals surface area contributed by atoms with E-state index < -0.39 is 18.3 Å². The highest BCUT2D eigenvalue weighted by molar-refractivity contribution is 6.62. The van der Waals surface area contributed by atoms with Crippen molar-refractivity contribution in [2.24, 2.45) is 0 Å². The lowest BCUT2D eigenvalue weighted by atomic mass is 9.78. The highest BCUT2D eigenvalue weighted by Crippen LogP contribution is 2.36. The van der Waals surface area contributed by atoms with Crippen LogP contribution in [0.15, 0.2) is 18.2 Å². The van der Waals surface area contributed by atoms with Gasteiger partial charge in [-0.05, 0) is 64.6 Å². The molecule has 1 aliphatic carbocycles. The summed E-state index contributed by atoms with van der Waals surface area (Å²) < 4.78 is 23.0. The summed E-state index contributed by atoms with van der Waals surface area (Å²) in [6.45, 7) is 8.90. The predicted octanol–water partition coefficient (Wildman–Crippen LogP) is 2.29. The maximum atomic E-state index is 12.8. The maximum Gasteiger partial charge on any atom is 0.494 e.